The van der Waals surface area contributed by atoms with Crippen molar-refractivity contribution in [2.24, 2.45) is 0 Å². The average molecular weight is 583 g/mol. The van der Waals surface area contributed by atoms with E-state index in [9.17, 15) is 0 Å². The molecule has 0 spiro atoms. The molecule has 2 aromatic rings. The standard InChI is InChI=1S/2C9H7.C2H4.4ClH.2Zr/c2*1-2-5-9-7-3-6-8(9)4-1;1-2;;;;;;/h2*1-4,7H,6H2;1-2H2;4*1H;;/q;;;;;;;2*+2/p-4. The van der Waals surface area contributed by atoms with Gasteiger partial charge in [-0.3, -0.25) is 0 Å². The van der Waals surface area contributed by atoms with E-state index in [1.54, 1.807) is 0 Å². The third-order valence-corrected chi connectivity index (χ3v) is 27.8. The van der Waals surface area contributed by atoms with Gasteiger partial charge in [0.1, 0.15) is 0 Å². The van der Waals surface area contributed by atoms with E-state index in [0.717, 1.165) is 21.1 Å². The molecule has 134 valence electrons. The Labute approximate surface area is 178 Å². The molecule has 2 aliphatic rings. The molecule has 0 saturated heterocycles. The number of allylic oxidation sites excluding steroid dienone is 2. The van der Waals surface area contributed by atoms with Crippen LogP contribution in [0.3, 0.4) is 0 Å². The van der Waals surface area contributed by atoms with Gasteiger partial charge in [0.05, 0.1) is 0 Å². The Morgan fingerprint density at radius 3 is 1.50 bits per heavy atom. The van der Waals surface area contributed by atoms with Crippen LogP contribution in [0, 0.1) is 0 Å². The Hall–Kier alpha value is 0.846. The zero-order valence-electron chi connectivity index (χ0n) is 14.1. The summed E-state index contributed by atoms with van der Waals surface area (Å²) in [5, 5.41) is 0. The number of fused-ring (bicyclic) bond motifs is 2. The first-order chi connectivity index (χ1) is 12.4. The van der Waals surface area contributed by atoms with E-state index in [2.05, 4.69) is 60.7 Å². The van der Waals surface area contributed by atoms with Gasteiger partial charge in [-0.25, -0.2) is 0 Å². The summed E-state index contributed by atoms with van der Waals surface area (Å²) >= 11 is -6.99. The van der Waals surface area contributed by atoms with Gasteiger partial charge >= 0.3 is 180 Å². The molecule has 0 fully saturated rings. The van der Waals surface area contributed by atoms with Gasteiger partial charge < -0.3 is 0 Å². The van der Waals surface area contributed by atoms with Gasteiger partial charge in [0, 0.05) is 0 Å². The molecule has 0 unspecified atom stereocenters. The second-order valence-corrected chi connectivity index (χ2v) is 36.5. The molecule has 4 rings (SSSR count). The minimum absolute atomic E-state index is 0.762. The number of hydrogen-bond donors (Lipinski definition) is 0. The van der Waals surface area contributed by atoms with Gasteiger partial charge in [-0.15, -0.1) is 0 Å². The van der Waals surface area contributed by atoms with Crippen LogP contribution in [0.15, 0.2) is 48.6 Å². The predicted molar refractivity (Wildman–Crippen MR) is 111 cm³/mol. The molecular weight excluding hydrogens is 564 g/mol. The fraction of sp³-hybridized carbons (Fsp3) is 0.200. The van der Waals surface area contributed by atoms with Crippen LogP contribution in [0.1, 0.15) is 22.3 Å². The van der Waals surface area contributed by atoms with Crippen molar-refractivity contribution in [2.45, 2.75) is 21.1 Å². The van der Waals surface area contributed by atoms with E-state index in [1.807, 2.05) is 0 Å². The first-order valence-electron chi connectivity index (χ1n) is 8.72. The van der Waals surface area contributed by atoms with Crippen molar-refractivity contribution in [1.82, 2.24) is 0 Å². The van der Waals surface area contributed by atoms with E-state index >= 15 is 0 Å². The fourth-order valence-electron chi connectivity index (χ4n) is 3.80. The zero-order chi connectivity index (χ0) is 18.4. The Balaban J connectivity index is 1.58. The summed E-state index contributed by atoms with van der Waals surface area (Å²) in [4.78, 5) is 0. The first kappa shape index (κ1) is 20.1. The maximum atomic E-state index is 7.00. The second-order valence-electron chi connectivity index (χ2n) is 6.88. The van der Waals surface area contributed by atoms with Crippen molar-refractivity contribution >= 4 is 52.7 Å². The van der Waals surface area contributed by atoms with Gasteiger partial charge in [-0.2, -0.15) is 0 Å². The van der Waals surface area contributed by atoms with Crippen LogP contribution in [0.25, 0.3) is 12.2 Å². The summed E-state index contributed by atoms with van der Waals surface area (Å²) in [6, 6.07) is 12.7. The number of halogens is 4. The quantitative estimate of drug-likeness (QED) is 0.376. The summed E-state index contributed by atoms with van der Waals surface area (Å²) in [5.74, 6) is 0. The van der Waals surface area contributed by atoms with E-state index in [0.29, 0.717) is 0 Å². The fourth-order valence-corrected chi connectivity index (χ4v) is 37.7. The molecule has 6 heteroatoms. The number of rotatable bonds is 5. The van der Waals surface area contributed by atoms with E-state index < -0.39 is 35.8 Å². The van der Waals surface area contributed by atoms with Crippen molar-refractivity contribution < 1.29 is 35.8 Å². The molecule has 0 bridgehead atoms. The van der Waals surface area contributed by atoms with Crippen molar-refractivity contribution in [3.8, 4) is 0 Å². The van der Waals surface area contributed by atoms with Crippen LogP contribution in [-0.2, 0) is 48.6 Å². The van der Waals surface area contributed by atoms with E-state index in [4.69, 9.17) is 34.1 Å². The maximum absolute atomic E-state index is 7.00. The van der Waals surface area contributed by atoms with Crippen LogP contribution in [0.5, 0.6) is 0 Å². The van der Waals surface area contributed by atoms with E-state index in [-0.39, 0.29) is 0 Å². The van der Waals surface area contributed by atoms with Gasteiger partial charge in [0.15, 0.2) is 0 Å². The third-order valence-electron chi connectivity index (χ3n) is 5.18. The van der Waals surface area contributed by atoms with Crippen LogP contribution >= 0.6 is 34.1 Å². The Morgan fingerprint density at radius 1 is 0.654 bits per heavy atom. The molecular formula is C20H18Cl4Zr2. The molecule has 0 aromatic heterocycles. The van der Waals surface area contributed by atoms with E-state index in [1.165, 1.54) is 28.8 Å². The monoisotopic (exact) mass is 578 g/mol. The van der Waals surface area contributed by atoms with Crippen LogP contribution < -0.4 is 6.54 Å². The molecule has 0 radical (unpaired) electrons. The number of hydrogen-bond acceptors (Lipinski definition) is 0. The van der Waals surface area contributed by atoms with Crippen LogP contribution in [0.2, 0.25) is 8.26 Å². The van der Waals surface area contributed by atoms with Crippen molar-refractivity contribution in [3.63, 3.8) is 0 Å². The molecule has 2 aliphatic carbocycles. The van der Waals surface area contributed by atoms with Crippen molar-refractivity contribution in [2.75, 3.05) is 0 Å². The summed E-state index contributed by atoms with van der Waals surface area (Å²) in [6.07, 6.45) is 10.6. The Morgan fingerprint density at radius 2 is 1.08 bits per heavy atom. The van der Waals surface area contributed by atoms with Gasteiger partial charge in [0.2, 0.25) is 0 Å². The van der Waals surface area contributed by atoms with Crippen LogP contribution in [0.4, 0.5) is 0 Å². The zero-order valence-corrected chi connectivity index (χ0v) is 22.1. The van der Waals surface area contributed by atoms with Crippen LogP contribution in [-0.4, -0.2) is 0 Å². The minimum atomic E-state index is -3.50. The molecule has 0 aliphatic heterocycles. The molecule has 26 heavy (non-hydrogen) atoms. The molecule has 0 amide bonds. The molecule has 0 nitrogen and oxygen atoms in total. The molecule has 0 N–H and O–H groups in total. The molecule has 0 atom stereocenters. The normalized spacial score (nSPS) is 15.4. The third kappa shape index (κ3) is 3.94. The number of benzene rings is 2. The SMILES string of the molecule is [Cl][Zr]([Cl])([CH2][CH2][Zr]([Cl])([Cl])[c]1cccc2c1C=CC2)[c]1cccc2c1C=CC2. The Kier molecular flexibility index (Phi) is 6.14. The van der Waals surface area contributed by atoms with Crippen molar-refractivity contribution in [1.29, 1.82) is 0 Å². The van der Waals surface area contributed by atoms with Crippen molar-refractivity contribution in [3.05, 3.63) is 70.8 Å². The summed E-state index contributed by atoms with van der Waals surface area (Å²) < 4.78 is 3.86. The van der Waals surface area contributed by atoms with Gasteiger partial charge in [-0.05, 0) is 0 Å². The predicted octanol–water partition coefficient (Wildman–Crippen LogP) is 6.54. The first-order valence-corrected chi connectivity index (χ1v) is 27.3. The van der Waals surface area contributed by atoms with Gasteiger partial charge in [-0.1, -0.05) is 0 Å². The summed E-state index contributed by atoms with van der Waals surface area (Å²) in [6.45, 7) is 0. The average Bonchev–Trinajstić information content (AvgIpc) is 3.28. The molecule has 2 aromatic carbocycles. The summed E-state index contributed by atoms with van der Waals surface area (Å²) in [7, 11) is 28.0. The van der Waals surface area contributed by atoms with Gasteiger partial charge in [0.25, 0.3) is 0 Å². The molecule has 0 saturated carbocycles. The Bertz CT molecular complexity index is 841. The topological polar surface area (TPSA) is 0 Å². The molecule has 0 heterocycles. The summed E-state index contributed by atoms with van der Waals surface area (Å²) in [5.41, 5.74) is 5.12. The second kappa shape index (κ2) is 7.93.